The summed E-state index contributed by atoms with van der Waals surface area (Å²) in [7, 11) is 0. The maximum absolute atomic E-state index is 12.9. The molecule has 1 aromatic heterocycles. The first kappa shape index (κ1) is 17.3. The van der Waals surface area contributed by atoms with Gasteiger partial charge in [0.15, 0.2) is 6.10 Å². The van der Waals surface area contributed by atoms with Gasteiger partial charge in [-0.25, -0.2) is 14.0 Å². The molecule has 0 aliphatic carbocycles. The molecule has 126 valence electrons. The van der Waals surface area contributed by atoms with Gasteiger partial charge in [-0.1, -0.05) is 0 Å². The van der Waals surface area contributed by atoms with Crippen LogP contribution in [-0.4, -0.2) is 28.7 Å². The average Bonchev–Trinajstić information content (AvgIpc) is 3.04. The third kappa shape index (κ3) is 4.73. The van der Waals surface area contributed by atoms with Crippen LogP contribution in [0.3, 0.4) is 0 Å². The molecule has 0 aliphatic rings. The summed E-state index contributed by atoms with van der Waals surface area (Å²) in [6, 6.07) is 5.52. The van der Waals surface area contributed by atoms with Crippen molar-refractivity contribution in [1.29, 1.82) is 0 Å². The minimum Gasteiger partial charge on any atom is -0.463 e. The molecule has 0 radical (unpaired) electrons. The molecule has 24 heavy (non-hydrogen) atoms. The predicted octanol–water partition coefficient (Wildman–Crippen LogP) is 2.60. The molecule has 2 aromatic rings. The van der Waals surface area contributed by atoms with Gasteiger partial charge in [0, 0.05) is 17.7 Å². The maximum Gasteiger partial charge on any atom is 0.331 e. The monoisotopic (exact) mass is 334 g/mol. The summed E-state index contributed by atoms with van der Waals surface area (Å²) in [5.74, 6) is -1.52. The third-order valence-electron chi connectivity index (χ3n) is 2.81. The first-order valence-corrected chi connectivity index (χ1v) is 7.14. The van der Waals surface area contributed by atoms with Crippen LogP contribution >= 0.6 is 0 Å². The van der Waals surface area contributed by atoms with E-state index in [1.54, 1.807) is 6.92 Å². The van der Waals surface area contributed by atoms with Crippen molar-refractivity contribution in [2.45, 2.75) is 20.0 Å². The van der Waals surface area contributed by atoms with Crippen LogP contribution in [0.5, 0.6) is 0 Å². The number of esters is 2. The van der Waals surface area contributed by atoms with Gasteiger partial charge in [0.05, 0.1) is 6.61 Å². The molecule has 1 heterocycles. The zero-order valence-electron chi connectivity index (χ0n) is 13.1. The van der Waals surface area contributed by atoms with Gasteiger partial charge in [0.2, 0.25) is 5.89 Å². The summed E-state index contributed by atoms with van der Waals surface area (Å²) in [5.41, 5.74) is 0.538. The van der Waals surface area contributed by atoms with Gasteiger partial charge < -0.3 is 13.9 Å². The Morgan fingerprint density at radius 2 is 1.88 bits per heavy atom. The lowest BCUT2D eigenvalue weighted by Crippen LogP contribution is -2.08. The topological polar surface area (TPSA) is 91.5 Å². The number of nitrogens with zero attached hydrogens (tertiary/aromatic N) is 2. The molecule has 0 saturated heterocycles. The number of ether oxygens (including phenoxy) is 2. The Balaban J connectivity index is 1.98. The van der Waals surface area contributed by atoms with Crippen molar-refractivity contribution < 1.29 is 27.9 Å². The van der Waals surface area contributed by atoms with Crippen LogP contribution in [-0.2, 0) is 19.1 Å². The Morgan fingerprint density at radius 1 is 1.21 bits per heavy atom. The van der Waals surface area contributed by atoms with Crippen LogP contribution in [0.2, 0.25) is 0 Å². The molecule has 0 spiro atoms. The lowest BCUT2D eigenvalue weighted by atomic mass is 10.2. The first-order chi connectivity index (χ1) is 11.5. The van der Waals surface area contributed by atoms with Crippen molar-refractivity contribution in [3.05, 3.63) is 48.1 Å². The number of aromatic nitrogens is 2. The van der Waals surface area contributed by atoms with E-state index in [0.717, 1.165) is 12.2 Å². The van der Waals surface area contributed by atoms with E-state index in [9.17, 15) is 14.0 Å². The van der Waals surface area contributed by atoms with E-state index < -0.39 is 18.0 Å². The summed E-state index contributed by atoms with van der Waals surface area (Å²) < 4.78 is 28.0. The Hall–Kier alpha value is -3.03. The molecule has 0 aliphatic heterocycles. The standard InChI is InChI=1S/C16H15FN2O5/c1-3-22-13(20)8-9-14(21)23-10(2)15-18-19-16(24-15)11-4-6-12(17)7-5-11/h4-10H,3H2,1-2H3/b9-8+/t10-/m1/s1. The second-order valence-electron chi connectivity index (χ2n) is 4.62. The SMILES string of the molecule is CCOC(=O)/C=C/C(=O)O[C@H](C)c1nnc(-c2ccc(F)cc2)o1. The molecule has 0 bridgehead atoms. The molecule has 7 nitrogen and oxygen atoms in total. The molecule has 0 unspecified atom stereocenters. The predicted molar refractivity (Wildman–Crippen MR) is 80.0 cm³/mol. The highest BCUT2D eigenvalue weighted by Crippen LogP contribution is 2.22. The van der Waals surface area contributed by atoms with Crippen molar-refractivity contribution in [3.63, 3.8) is 0 Å². The molecule has 1 aromatic carbocycles. The zero-order valence-corrected chi connectivity index (χ0v) is 13.1. The number of hydrogen-bond donors (Lipinski definition) is 0. The molecule has 0 N–H and O–H groups in total. The van der Waals surface area contributed by atoms with Gasteiger partial charge >= 0.3 is 11.9 Å². The average molecular weight is 334 g/mol. The second kappa shape index (κ2) is 8.00. The van der Waals surface area contributed by atoms with E-state index >= 15 is 0 Å². The van der Waals surface area contributed by atoms with Crippen LogP contribution in [0.4, 0.5) is 4.39 Å². The highest BCUT2D eigenvalue weighted by Gasteiger charge is 2.18. The Bertz CT molecular complexity index is 739. The van der Waals surface area contributed by atoms with Crippen molar-refractivity contribution in [3.8, 4) is 11.5 Å². The third-order valence-corrected chi connectivity index (χ3v) is 2.81. The minimum absolute atomic E-state index is 0.0761. The lowest BCUT2D eigenvalue weighted by molar-refractivity contribution is -0.144. The lowest BCUT2D eigenvalue weighted by Gasteiger charge is -2.06. The van der Waals surface area contributed by atoms with E-state index in [0.29, 0.717) is 5.56 Å². The van der Waals surface area contributed by atoms with Crippen LogP contribution < -0.4 is 0 Å². The fourth-order valence-electron chi connectivity index (χ4n) is 1.70. The van der Waals surface area contributed by atoms with Gasteiger partial charge in [-0.05, 0) is 38.1 Å². The first-order valence-electron chi connectivity index (χ1n) is 7.14. The van der Waals surface area contributed by atoms with E-state index in [-0.39, 0.29) is 24.2 Å². The van der Waals surface area contributed by atoms with E-state index in [4.69, 9.17) is 9.15 Å². The number of carbonyl (C=O) groups is 2. The molecule has 0 fully saturated rings. The van der Waals surface area contributed by atoms with Crippen LogP contribution in [0.15, 0.2) is 40.8 Å². The van der Waals surface area contributed by atoms with E-state index in [1.807, 2.05) is 0 Å². The zero-order chi connectivity index (χ0) is 17.5. The van der Waals surface area contributed by atoms with Crippen molar-refractivity contribution in [1.82, 2.24) is 10.2 Å². The summed E-state index contributed by atoms with van der Waals surface area (Å²) in [4.78, 5) is 22.7. The molecule has 0 amide bonds. The summed E-state index contributed by atoms with van der Waals surface area (Å²) >= 11 is 0. The molecule has 2 rings (SSSR count). The fraction of sp³-hybridized carbons (Fsp3) is 0.250. The van der Waals surface area contributed by atoms with Crippen molar-refractivity contribution >= 4 is 11.9 Å². The molecular weight excluding hydrogens is 319 g/mol. The minimum atomic E-state index is -0.814. The van der Waals surface area contributed by atoms with Crippen LogP contribution in [0.25, 0.3) is 11.5 Å². The number of benzene rings is 1. The molecular formula is C16H15FN2O5. The number of halogens is 1. The fourth-order valence-corrected chi connectivity index (χ4v) is 1.70. The smallest absolute Gasteiger partial charge is 0.331 e. The maximum atomic E-state index is 12.9. The largest absolute Gasteiger partial charge is 0.463 e. The van der Waals surface area contributed by atoms with Crippen molar-refractivity contribution in [2.75, 3.05) is 6.61 Å². The number of carbonyl (C=O) groups excluding carboxylic acids is 2. The molecule has 0 saturated carbocycles. The quantitative estimate of drug-likeness (QED) is 0.592. The highest BCUT2D eigenvalue weighted by atomic mass is 19.1. The number of hydrogen-bond acceptors (Lipinski definition) is 7. The number of rotatable bonds is 6. The van der Waals surface area contributed by atoms with Gasteiger partial charge in [-0.2, -0.15) is 0 Å². The van der Waals surface area contributed by atoms with Gasteiger partial charge in [-0.15, -0.1) is 10.2 Å². The normalized spacial score (nSPS) is 12.1. The second-order valence-corrected chi connectivity index (χ2v) is 4.62. The van der Waals surface area contributed by atoms with Crippen molar-refractivity contribution in [2.24, 2.45) is 0 Å². The Labute approximate surface area is 137 Å². The van der Waals surface area contributed by atoms with E-state index in [1.165, 1.54) is 31.2 Å². The van der Waals surface area contributed by atoms with E-state index in [2.05, 4.69) is 14.9 Å². The highest BCUT2D eigenvalue weighted by molar-refractivity contribution is 5.91. The summed E-state index contributed by atoms with van der Waals surface area (Å²) in [6.07, 6.45) is 1.10. The molecule has 8 heteroatoms. The van der Waals surface area contributed by atoms with Crippen LogP contribution in [0, 0.1) is 5.82 Å². The Kier molecular flexibility index (Phi) is 5.78. The summed E-state index contributed by atoms with van der Waals surface area (Å²) in [5, 5.41) is 7.61. The van der Waals surface area contributed by atoms with Crippen LogP contribution in [0.1, 0.15) is 25.8 Å². The Morgan fingerprint density at radius 3 is 2.54 bits per heavy atom. The van der Waals surface area contributed by atoms with Gasteiger partial charge in [0.25, 0.3) is 5.89 Å². The van der Waals surface area contributed by atoms with Gasteiger partial charge in [-0.3, -0.25) is 0 Å². The summed E-state index contributed by atoms with van der Waals surface area (Å²) in [6.45, 7) is 3.40. The molecule has 1 atom stereocenters. The van der Waals surface area contributed by atoms with Gasteiger partial charge in [0.1, 0.15) is 5.82 Å².